The standard InChI is InChI=1S/C11H14N2O3/c14-6-7(15)5-12-9-2-1-3-10-8(9)4-11(16)13-10/h1-3,7,12,14-15H,4-6H2,(H,13,16). The summed E-state index contributed by atoms with van der Waals surface area (Å²) in [5.41, 5.74) is 2.55. The molecule has 1 heterocycles. The highest BCUT2D eigenvalue weighted by atomic mass is 16.3. The Balaban J connectivity index is 2.11. The van der Waals surface area contributed by atoms with Crippen LogP contribution in [0.15, 0.2) is 18.2 Å². The zero-order chi connectivity index (χ0) is 11.5. The highest BCUT2D eigenvalue weighted by molar-refractivity contribution is 6.01. The summed E-state index contributed by atoms with van der Waals surface area (Å²) < 4.78 is 0. The van der Waals surface area contributed by atoms with Gasteiger partial charge in [0.25, 0.3) is 0 Å². The zero-order valence-corrected chi connectivity index (χ0v) is 8.73. The third kappa shape index (κ3) is 2.15. The smallest absolute Gasteiger partial charge is 0.228 e. The van der Waals surface area contributed by atoms with E-state index in [9.17, 15) is 9.90 Å². The fraction of sp³-hybridized carbons (Fsp3) is 0.364. The van der Waals surface area contributed by atoms with Crippen LogP contribution in [0.5, 0.6) is 0 Å². The van der Waals surface area contributed by atoms with Crippen LogP contribution in [0, 0.1) is 0 Å². The lowest BCUT2D eigenvalue weighted by atomic mass is 10.1. The van der Waals surface area contributed by atoms with E-state index in [1.165, 1.54) is 0 Å². The van der Waals surface area contributed by atoms with Crippen LogP contribution in [-0.2, 0) is 11.2 Å². The minimum Gasteiger partial charge on any atom is -0.394 e. The summed E-state index contributed by atoms with van der Waals surface area (Å²) in [6.07, 6.45) is -0.436. The van der Waals surface area contributed by atoms with Crippen LogP contribution < -0.4 is 10.6 Å². The van der Waals surface area contributed by atoms with Gasteiger partial charge in [0.05, 0.1) is 19.1 Å². The first-order chi connectivity index (χ1) is 7.70. The molecule has 0 fully saturated rings. The third-order valence-corrected chi connectivity index (χ3v) is 2.53. The molecule has 5 nitrogen and oxygen atoms in total. The van der Waals surface area contributed by atoms with Gasteiger partial charge < -0.3 is 20.8 Å². The fourth-order valence-electron chi connectivity index (χ4n) is 1.71. The van der Waals surface area contributed by atoms with Crippen molar-refractivity contribution >= 4 is 17.3 Å². The quantitative estimate of drug-likeness (QED) is 0.575. The Hall–Kier alpha value is -1.59. The van der Waals surface area contributed by atoms with Crippen molar-refractivity contribution in [2.75, 3.05) is 23.8 Å². The maximum Gasteiger partial charge on any atom is 0.228 e. The lowest BCUT2D eigenvalue weighted by molar-refractivity contribution is -0.115. The van der Waals surface area contributed by atoms with Crippen molar-refractivity contribution in [2.45, 2.75) is 12.5 Å². The van der Waals surface area contributed by atoms with Crippen molar-refractivity contribution in [3.8, 4) is 0 Å². The van der Waals surface area contributed by atoms with E-state index in [-0.39, 0.29) is 19.1 Å². The Bertz CT molecular complexity index is 406. The largest absolute Gasteiger partial charge is 0.394 e. The predicted octanol–water partition coefficient (Wildman–Crippen LogP) is -0.0537. The van der Waals surface area contributed by atoms with E-state index < -0.39 is 6.10 Å². The van der Waals surface area contributed by atoms with Gasteiger partial charge in [0, 0.05) is 23.5 Å². The summed E-state index contributed by atoms with van der Waals surface area (Å²) in [5, 5.41) is 23.7. The molecule has 1 aliphatic rings. The molecule has 5 heteroatoms. The van der Waals surface area contributed by atoms with Gasteiger partial charge in [-0.3, -0.25) is 4.79 Å². The summed E-state index contributed by atoms with van der Waals surface area (Å²) >= 11 is 0. The van der Waals surface area contributed by atoms with E-state index in [1.807, 2.05) is 18.2 Å². The second-order valence-corrected chi connectivity index (χ2v) is 3.77. The second-order valence-electron chi connectivity index (χ2n) is 3.77. The van der Waals surface area contributed by atoms with Gasteiger partial charge in [0.15, 0.2) is 0 Å². The highest BCUT2D eigenvalue weighted by Crippen LogP contribution is 2.29. The summed E-state index contributed by atoms with van der Waals surface area (Å²) in [6.45, 7) is -0.0135. The summed E-state index contributed by atoms with van der Waals surface area (Å²) in [4.78, 5) is 11.2. The molecule has 1 aliphatic heterocycles. The minimum absolute atomic E-state index is 0.0213. The lowest BCUT2D eigenvalue weighted by Crippen LogP contribution is -2.23. The van der Waals surface area contributed by atoms with Crippen LogP contribution in [0.2, 0.25) is 0 Å². The molecule has 0 saturated carbocycles. The van der Waals surface area contributed by atoms with Crippen LogP contribution in [-0.4, -0.2) is 35.4 Å². The number of carbonyl (C=O) groups excluding carboxylic acids is 1. The van der Waals surface area contributed by atoms with Gasteiger partial charge in [-0.15, -0.1) is 0 Å². The molecule has 4 N–H and O–H groups in total. The third-order valence-electron chi connectivity index (χ3n) is 2.53. The van der Waals surface area contributed by atoms with Crippen molar-refractivity contribution < 1.29 is 15.0 Å². The first-order valence-corrected chi connectivity index (χ1v) is 5.15. The molecule has 1 unspecified atom stereocenters. The van der Waals surface area contributed by atoms with Gasteiger partial charge in [0.2, 0.25) is 5.91 Å². The summed E-state index contributed by atoms with van der Waals surface area (Å²) in [6, 6.07) is 5.52. The normalized spacial score (nSPS) is 15.5. The average Bonchev–Trinajstić information content (AvgIpc) is 2.66. The molecule has 1 aromatic rings. The molecule has 1 atom stereocenters. The molecular weight excluding hydrogens is 208 g/mol. The van der Waals surface area contributed by atoms with Crippen LogP contribution >= 0.6 is 0 Å². The molecule has 86 valence electrons. The first kappa shape index (κ1) is 10.9. The van der Waals surface area contributed by atoms with E-state index in [0.717, 1.165) is 16.9 Å². The van der Waals surface area contributed by atoms with Crippen molar-refractivity contribution in [1.82, 2.24) is 0 Å². The van der Waals surface area contributed by atoms with Crippen LogP contribution in [0.3, 0.4) is 0 Å². The van der Waals surface area contributed by atoms with Gasteiger partial charge in [-0.2, -0.15) is 0 Å². The number of aliphatic hydroxyl groups excluding tert-OH is 2. The molecule has 0 spiro atoms. The molecule has 1 aromatic carbocycles. The van der Waals surface area contributed by atoms with Gasteiger partial charge in [-0.25, -0.2) is 0 Å². The summed E-state index contributed by atoms with van der Waals surface area (Å²) in [7, 11) is 0. The summed E-state index contributed by atoms with van der Waals surface area (Å²) in [5.74, 6) is -0.0213. The zero-order valence-electron chi connectivity index (χ0n) is 8.73. The lowest BCUT2D eigenvalue weighted by Gasteiger charge is -2.12. The molecule has 2 rings (SSSR count). The maximum absolute atomic E-state index is 11.2. The molecule has 16 heavy (non-hydrogen) atoms. The number of fused-ring (bicyclic) bond motifs is 1. The van der Waals surface area contributed by atoms with E-state index in [0.29, 0.717) is 6.42 Å². The number of aliphatic hydroxyl groups is 2. The van der Waals surface area contributed by atoms with E-state index in [1.54, 1.807) is 0 Å². The number of nitrogens with one attached hydrogen (secondary N) is 2. The van der Waals surface area contributed by atoms with E-state index >= 15 is 0 Å². The number of rotatable bonds is 4. The fourth-order valence-corrected chi connectivity index (χ4v) is 1.71. The van der Waals surface area contributed by atoms with Crippen LogP contribution in [0.4, 0.5) is 11.4 Å². The Morgan fingerprint density at radius 1 is 1.50 bits per heavy atom. The van der Waals surface area contributed by atoms with Gasteiger partial charge in [0.1, 0.15) is 0 Å². The molecule has 1 amide bonds. The molecule has 0 aliphatic carbocycles. The molecule has 0 radical (unpaired) electrons. The van der Waals surface area contributed by atoms with Crippen LogP contribution in [0.25, 0.3) is 0 Å². The van der Waals surface area contributed by atoms with Gasteiger partial charge >= 0.3 is 0 Å². The van der Waals surface area contributed by atoms with E-state index in [4.69, 9.17) is 5.11 Å². The van der Waals surface area contributed by atoms with Crippen molar-refractivity contribution in [3.05, 3.63) is 23.8 Å². The monoisotopic (exact) mass is 222 g/mol. The number of carbonyl (C=O) groups is 1. The Morgan fingerprint density at radius 2 is 2.31 bits per heavy atom. The minimum atomic E-state index is -0.791. The van der Waals surface area contributed by atoms with Crippen molar-refractivity contribution in [2.24, 2.45) is 0 Å². The number of hydrogen-bond acceptors (Lipinski definition) is 4. The molecule has 0 aromatic heterocycles. The van der Waals surface area contributed by atoms with Gasteiger partial charge in [-0.1, -0.05) is 6.07 Å². The predicted molar refractivity (Wildman–Crippen MR) is 60.4 cm³/mol. The number of amides is 1. The molecule has 0 bridgehead atoms. The topological polar surface area (TPSA) is 81.6 Å². The van der Waals surface area contributed by atoms with Gasteiger partial charge in [-0.05, 0) is 12.1 Å². The van der Waals surface area contributed by atoms with E-state index in [2.05, 4.69) is 10.6 Å². The molecular formula is C11H14N2O3. The number of anilines is 2. The van der Waals surface area contributed by atoms with Crippen molar-refractivity contribution in [1.29, 1.82) is 0 Å². The Morgan fingerprint density at radius 3 is 3.06 bits per heavy atom. The Kier molecular flexibility index (Phi) is 3.07. The highest BCUT2D eigenvalue weighted by Gasteiger charge is 2.20. The molecule has 0 saturated heterocycles. The average molecular weight is 222 g/mol. The Labute approximate surface area is 93.1 Å². The second kappa shape index (κ2) is 4.51. The van der Waals surface area contributed by atoms with Crippen LogP contribution in [0.1, 0.15) is 5.56 Å². The SMILES string of the molecule is O=C1Cc2c(NCC(O)CO)cccc2N1. The maximum atomic E-state index is 11.2. The number of hydrogen-bond donors (Lipinski definition) is 4. The number of benzene rings is 1. The van der Waals surface area contributed by atoms with Crippen molar-refractivity contribution in [3.63, 3.8) is 0 Å². The first-order valence-electron chi connectivity index (χ1n) is 5.15.